The molecule has 0 aliphatic heterocycles. The van der Waals surface area contributed by atoms with Gasteiger partial charge in [-0.05, 0) is 40.2 Å². The lowest BCUT2D eigenvalue weighted by Crippen LogP contribution is -1.97. The van der Waals surface area contributed by atoms with Crippen LogP contribution in [0.25, 0.3) is 0 Å². The lowest BCUT2D eigenvalue weighted by molar-refractivity contribution is 0.302. The zero-order valence-corrected chi connectivity index (χ0v) is 11.4. The first-order valence-electron chi connectivity index (χ1n) is 5.08. The third-order valence-corrected chi connectivity index (χ3v) is 3.30. The Labute approximate surface area is 116 Å². The van der Waals surface area contributed by atoms with Crippen molar-refractivity contribution in [2.75, 3.05) is 0 Å². The molecule has 0 unspecified atom stereocenters. The molecule has 0 saturated carbocycles. The minimum absolute atomic E-state index is 0.140. The van der Waals surface area contributed by atoms with Gasteiger partial charge in [0, 0.05) is 11.6 Å². The largest absolute Gasteiger partial charge is 0.488 e. The van der Waals surface area contributed by atoms with E-state index in [4.69, 9.17) is 16.3 Å². The number of hydrogen-bond acceptors (Lipinski definition) is 1. The van der Waals surface area contributed by atoms with Crippen LogP contribution in [0.3, 0.4) is 0 Å². The summed E-state index contributed by atoms with van der Waals surface area (Å²) in [5.74, 6) is -0.426. The van der Waals surface area contributed by atoms with Crippen LogP contribution in [0.5, 0.6) is 5.75 Å². The van der Waals surface area contributed by atoms with Crippen LogP contribution in [0.15, 0.2) is 40.9 Å². The molecule has 0 amide bonds. The van der Waals surface area contributed by atoms with Gasteiger partial charge in [-0.1, -0.05) is 17.7 Å². The molecule has 2 rings (SSSR count). The molecule has 94 valence electrons. The van der Waals surface area contributed by atoms with Crippen molar-refractivity contribution in [2.45, 2.75) is 6.61 Å². The molecule has 2 aromatic rings. The van der Waals surface area contributed by atoms with Crippen LogP contribution >= 0.6 is 27.5 Å². The molecular weight excluding hydrogens is 325 g/mol. The van der Waals surface area contributed by atoms with E-state index in [1.807, 2.05) is 0 Å². The van der Waals surface area contributed by atoms with Crippen LogP contribution in [0, 0.1) is 11.6 Å². The van der Waals surface area contributed by atoms with Crippen molar-refractivity contribution in [1.29, 1.82) is 0 Å². The van der Waals surface area contributed by atoms with Crippen molar-refractivity contribution >= 4 is 27.5 Å². The smallest absolute Gasteiger partial charge is 0.136 e. The predicted molar refractivity (Wildman–Crippen MR) is 69.8 cm³/mol. The molecule has 0 N–H and O–H groups in total. The van der Waals surface area contributed by atoms with Crippen LogP contribution in [-0.2, 0) is 6.61 Å². The van der Waals surface area contributed by atoms with Crippen LogP contribution < -0.4 is 4.74 Å². The highest BCUT2D eigenvalue weighted by atomic mass is 79.9. The Morgan fingerprint density at radius 1 is 1.06 bits per heavy atom. The maximum Gasteiger partial charge on any atom is 0.136 e. The highest BCUT2D eigenvalue weighted by molar-refractivity contribution is 9.10. The van der Waals surface area contributed by atoms with Gasteiger partial charge in [0.1, 0.15) is 24.0 Å². The number of benzene rings is 2. The Kier molecular flexibility index (Phi) is 4.19. The first-order chi connectivity index (χ1) is 8.56. The van der Waals surface area contributed by atoms with E-state index >= 15 is 0 Å². The minimum atomic E-state index is -0.407. The lowest BCUT2D eigenvalue weighted by atomic mass is 10.2. The van der Waals surface area contributed by atoms with Crippen LogP contribution in [-0.4, -0.2) is 0 Å². The van der Waals surface area contributed by atoms with Gasteiger partial charge in [0.2, 0.25) is 0 Å². The third kappa shape index (κ3) is 3.21. The summed E-state index contributed by atoms with van der Waals surface area (Å²) in [6.07, 6.45) is 0. The quantitative estimate of drug-likeness (QED) is 0.771. The van der Waals surface area contributed by atoms with Gasteiger partial charge in [-0.3, -0.25) is 0 Å². The molecule has 0 saturated heterocycles. The number of halogens is 4. The van der Waals surface area contributed by atoms with Crippen molar-refractivity contribution in [3.05, 3.63) is 63.1 Å². The topological polar surface area (TPSA) is 9.23 Å². The number of hydrogen-bond donors (Lipinski definition) is 0. The Balaban J connectivity index is 2.13. The molecule has 0 radical (unpaired) electrons. The highest BCUT2D eigenvalue weighted by Crippen LogP contribution is 2.27. The molecule has 0 heterocycles. The molecule has 0 fully saturated rings. The summed E-state index contributed by atoms with van der Waals surface area (Å²) in [5, 5.41) is 0.280. The predicted octanol–water partition coefficient (Wildman–Crippen LogP) is 4.96. The van der Waals surface area contributed by atoms with E-state index in [2.05, 4.69) is 15.9 Å². The molecule has 0 aromatic heterocycles. The highest BCUT2D eigenvalue weighted by Gasteiger charge is 2.06. The second kappa shape index (κ2) is 5.67. The summed E-state index contributed by atoms with van der Waals surface area (Å²) in [6.45, 7) is 0.140. The van der Waals surface area contributed by atoms with Crippen molar-refractivity contribution in [3.63, 3.8) is 0 Å². The Morgan fingerprint density at radius 3 is 2.44 bits per heavy atom. The molecule has 18 heavy (non-hydrogen) atoms. The molecule has 0 aliphatic rings. The minimum Gasteiger partial charge on any atom is -0.488 e. The summed E-state index contributed by atoms with van der Waals surface area (Å²) in [6, 6.07) is 8.18. The van der Waals surface area contributed by atoms with Gasteiger partial charge in [-0.15, -0.1) is 0 Å². The van der Waals surface area contributed by atoms with Crippen LogP contribution in [0.4, 0.5) is 8.78 Å². The molecule has 0 atom stereocenters. The van der Waals surface area contributed by atoms with Gasteiger partial charge >= 0.3 is 0 Å². The van der Waals surface area contributed by atoms with Gasteiger partial charge in [-0.25, -0.2) is 8.78 Å². The fraction of sp³-hybridized carbons (Fsp3) is 0.0769. The molecule has 0 spiro atoms. The first-order valence-corrected chi connectivity index (χ1v) is 6.25. The van der Waals surface area contributed by atoms with E-state index < -0.39 is 11.6 Å². The molecule has 5 heteroatoms. The third-order valence-electron chi connectivity index (χ3n) is 2.29. The van der Waals surface area contributed by atoms with Gasteiger partial charge < -0.3 is 4.74 Å². The van der Waals surface area contributed by atoms with Crippen molar-refractivity contribution < 1.29 is 13.5 Å². The summed E-state index contributed by atoms with van der Waals surface area (Å²) >= 11 is 9.11. The van der Waals surface area contributed by atoms with E-state index in [0.717, 1.165) is 0 Å². The number of ether oxygens (including phenoxy) is 1. The molecule has 0 aliphatic carbocycles. The maximum atomic E-state index is 13.0. The number of rotatable bonds is 3. The second-order valence-electron chi connectivity index (χ2n) is 3.60. The Morgan fingerprint density at radius 2 is 1.72 bits per heavy atom. The summed E-state index contributed by atoms with van der Waals surface area (Å²) < 4.78 is 31.9. The monoisotopic (exact) mass is 332 g/mol. The Bertz CT molecular complexity index is 575. The van der Waals surface area contributed by atoms with Crippen molar-refractivity contribution in [2.24, 2.45) is 0 Å². The normalized spacial score (nSPS) is 10.4. The fourth-order valence-electron chi connectivity index (χ4n) is 1.38. The second-order valence-corrected chi connectivity index (χ2v) is 4.86. The summed E-state index contributed by atoms with van der Waals surface area (Å²) in [7, 11) is 0. The summed E-state index contributed by atoms with van der Waals surface area (Å²) in [4.78, 5) is 0. The molecular formula is C13H8BrClF2O. The zero-order chi connectivity index (χ0) is 13.1. The zero-order valence-electron chi connectivity index (χ0n) is 9.09. The molecule has 1 nitrogen and oxygen atoms in total. The average molecular weight is 334 g/mol. The molecule has 2 aromatic carbocycles. The van der Waals surface area contributed by atoms with Crippen LogP contribution in [0.2, 0.25) is 5.02 Å². The van der Waals surface area contributed by atoms with E-state index in [9.17, 15) is 8.78 Å². The average Bonchev–Trinajstić information content (AvgIpc) is 2.32. The van der Waals surface area contributed by atoms with Crippen LogP contribution in [0.1, 0.15) is 5.56 Å². The maximum absolute atomic E-state index is 13.0. The van der Waals surface area contributed by atoms with Crippen molar-refractivity contribution in [3.8, 4) is 5.75 Å². The fourth-order valence-corrected chi connectivity index (χ4v) is 1.96. The lowest BCUT2D eigenvalue weighted by Gasteiger charge is -2.09. The van der Waals surface area contributed by atoms with E-state index in [0.29, 0.717) is 15.8 Å². The van der Waals surface area contributed by atoms with E-state index in [-0.39, 0.29) is 11.6 Å². The van der Waals surface area contributed by atoms with E-state index in [1.54, 1.807) is 6.07 Å². The standard InChI is InChI=1S/C13H8BrClF2O/c14-11-4-3-10(17)6-13(11)18-7-8-1-2-9(16)5-12(8)15/h1-6H,7H2. The summed E-state index contributed by atoms with van der Waals surface area (Å²) in [5.41, 5.74) is 0.634. The van der Waals surface area contributed by atoms with Gasteiger partial charge in [-0.2, -0.15) is 0 Å². The van der Waals surface area contributed by atoms with Gasteiger partial charge in [0.15, 0.2) is 0 Å². The van der Waals surface area contributed by atoms with E-state index in [1.165, 1.54) is 30.3 Å². The Hall–Kier alpha value is -1.13. The van der Waals surface area contributed by atoms with Gasteiger partial charge in [0.05, 0.1) is 9.50 Å². The SMILES string of the molecule is Fc1ccc(COc2cc(F)ccc2Br)c(Cl)c1. The molecule has 0 bridgehead atoms. The first kappa shape index (κ1) is 13.3. The van der Waals surface area contributed by atoms with Crippen molar-refractivity contribution in [1.82, 2.24) is 0 Å². The van der Waals surface area contributed by atoms with Gasteiger partial charge in [0.25, 0.3) is 0 Å².